The summed E-state index contributed by atoms with van der Waals surface area (Å²) in [5.74, 6) is 0.228. The van der Waals surface area contributed by atoms with E-state index in [0.29, 0.717) is 0 Å². The Morgan fingerprint density at radius 3 is 2.56 bits per heavy atom. The van der Waals surface area contributed by atoms with Crippen molar-refractivity contribution in [2.45, 2.75) is 25.5 Å². The Labute approximate surface area is 95.6 Å². The molecule has 0 heterocycles. The van der Waals surface area contributed by atoms with Crippen molar-refractivity contribution < 1.29 is 15.3 Å². The lowest BCUT2D eigenvalue weighted by Gasteiger charge is -2.24. The van der Waals surface area contributed by atoms with E-state index in [1.54, 1.807) is 19.1 Å². The number of benzene rings is 1. The molecule has 0 aliphatic heterocycles. The Morgan fingerprint density at radius 2 is 2.00 bits per heavy atom. The third kappa shape index (κ3) is 3.48. The molecule has 0 aromatic heterocycles. The molecule has 0 amide bonds. The molecule has 16 heavy (non-hydrogen) atoms. The number of hydrogen-bond donors (Lipinski definition) is 4. The van der Waals surface area contributed by atoms with Crippen LogP contribution in [0.2, 0.25) is 0 Å². The van der Waals surface area contributed by atoms with E-state index in [-0.39, 0.29) is 24.9 Å². The number of nitrogens with one attached hydrogen (secondary N) is 1. The van der Waals surface area contributed by atoms with Gasteiger partial charge in [-0.15, -0.1) is 0 Å². The maximum Gasteiger partial charge on any atom is 0.120 e. The zero-order valence-electron chi connectivity index (χ0n) is 9.64. The quantitative estimate of drug-likeness (QED) is 0.597. The molecule has 4 heteroatoms. The van der Waals surface area contributed by atoms with Gasteiger partial charge in [-0.3, -0.25) is 0 Å². The number of phenols is 1. The van der Waals surface area contributed by atoms with Crippen molar-refractivity contribution in [1.29, 1.82) is 0 Å². The zero-order chi connectivity index (χ0) is 12.2. The average Bonchev–Trinajstić information content (AvgIpc) is 2.27. The highest BCUT2D eigenvalue weighted by atomic mass is 16.3. The second-order valence-corrected chi connectivity index (χ2v) is 4.32. The maximum absolute atomic E-state index is 9.62. The Morgan fingerprint density at radius 1 is 1.38 bits per heavy atom. The third-order valence-corrected chi connectivity index (χ3v) is 2.53. The molecule has 90 valence electrons. The highest BCUT2D eigenvalue weighted by Gasteiger charge is 2.20. The fourth-order valence-electron chi connectivity index (χ4n) is 1.39. The summed E-state index contributed by atoms with van der Waals surface area (Å²) in [6.07, 6.45) is 0. The summed E-state index contributed by atoms with van der Waals surface area (Å²) < 4.78 is 0. The normalized spacial score (nSPS) is 16.8. The van der Waals surface area contributed by atoms with Crippen molar-refractivity contribution in [2.75, 3.05) is 13.2 Å². The number of rotatable bonds is 5. The lowest BCUT2D eigenvalue weighted by atomic mass is 10.0. The Balaban J connectivity index is 2.60. The molecule has 0 aliphatic rings. The van der Waals surface area contributed by atoms with Gasteiger partial charge in [0.1, 0.15) is 5.75 Å². The van der Waals surface area contributed by atoms with Crippen molar-refractivity contribution in [3.8, 4) is 5.75 Å². The fourth-order valence-corrected chi connectivity index (χ4v) is 1.39. The largest absolute Gasteiger partial charge is 0.508 e. The van der Waals surface area contributed by atoms with Gasteiger partial charge in [0.25, 0.3) is 0 Å². The van der Waals surface area contributed by atoms with E-state index in [9.17, 15) is 10.2 Å². The highest BCUT2D eigenvalue weighted by molar-refractivity contribution is 5.34. The third-order valence-electron chi connectivity index (χ3n) is 2.53. The molecule has 0 saturated heterocycles. The Hall–Kier alpha value is -1.10. The van der Waals surface area contributed by atoms with Crippen LogP contribution in [-0.4, -0.2) is 34.1 Å². The minimum Gasteiger partial charge on any atom is -0.508 e. The smallest absolute Gasteiger partial charge is 0.120 e. The molecular weight excluding hydrogens is 206 g/mol. The van der Waals surface area contributed by atoms with Crippen molar-refractivity contribution in [3.05, 3.63) is 29.8 Å². The lowest BCUT2D eigenvalue weighted by molar-refractivity contribution is 0.00101. The first kappa shape index (κ1) is 13.0. The van der Waals surface area contributed by atoms with E-state index in [2.05, 4.69) is 5.32 Å². The summed E-state index contributed by atoms with van der Waals surface area (Å²) in [7, 11) is 0. The minimum absolute atomic E-state index is 0.0841. The van der Waals surface area contributed by atoms with Crippen LogP contribution in [0.5, 0.6) is 5.75 Å². The van der Waals surface area contributed by atoms with Crippen molar-refractivity contribution >= 4 is 0 Å². The van der Waals surface area contributed by atoms with Gasteiger partial charge in [-0.2, -0.15) is 0 Å². The van der Waals surface area contributed by atoms with Gasteiger partial charge >= 0.3 is 0 Å². The van der Waals surface area contributed by atoms with Crippen LogP contribution in [0, 0.1) is 0 Å². The number of hydrogen-bond acceptors (Lipinski definition) is 4. The first-order valence-electron chi connectivity index (χ1n) is 5.31. The molecule has 0 aliphatic carbocycles. The standard InChI is InChI=1S/C12H19NO3/c1-9(13-7-12(2,16)8-14)10-5-3-4-6-11(10)15/h3-6,9,13-16H,7-8H2,1-2H3. The molecule has 1 aromatic carbocycles. The molecule has 0 radical (unpaired) electrons. The molecule has 0 spiro atoms. The number of phenolic OH excluding ortho intramolecular Hbond substituents is 1. The minimum atomic E-state index is -1.14. The van der Waals surface area contributed by atoms with Gasteiger partial charge in [0.15, 0.2) is 0 Å². The van der Waals surface area contributed by atoms with Gasteiger partial charge in [-0.05, 0) is 19.9 Å². The monoisotopic (exact) mass is 225 g/mol. The van der Waals surface area contributed by atoms with Crippen molar-refractivity contribution in [1.82, 2.24) is 5.32 Å². The van der Waals surface area contributed by atoms with Crippen LogP contribution in [-0.2, 0) is 0 Å². The summed E-state index contributed by atoms with van der Waals surface area (Å²) in [6.45, 7) is 3.41. The van der Waals surface area contributed by atoms with Gasteiger partial charge in [-0.25, -0.2) is 0 Å². The topological polar surface area (TPSA) is 72.7 Å². The molecule has 1 rings (SSSR count). The van der Waals surface area contributed by atoms with Crippen LogP contribution in [0.1, 0.15) is 25.5 Å². The summed E-state index contributed by atoms with van der Waals surface area (Å²) >= 11 is 0. The number of aromatic hydroxyl groups is 1. The summed E-state index contributed by atoms with van der Waals surface area (Å²) in [5, 5.41) is 31.2. The van der Waals surface area contributed by atoms with E-state index in [0.717, 1.165) is 5.56 Å². The first-order chi connectivity index (χ1) is 7.46. The molecule has 2 unspecified atom stereocenters. The Bertz CT molecular complexity index is 339. The highest BCUT2D eigenvalue weighted by Crippen LogP contribution is 2.23. The Kier molecular flexibility index (Phi) is 4.29. The molecule has 0 bridgehead atoms. The second kappa shape index (κ2) is 5.30. The van der Waals surface area contributed by atoms with Gasteiger partial charge in [0.05, 0.1) is 12.2 Å². The van der Waals surface area contributed by atoms with Crippen LogP contribution < -0.4 is 5.32 Å². The predicted molar refractivity (Wildman–Crippen MR) is 62.2 cm³/mol. The SMILES string of the molecule is CC(NCC(C)(O)CO)c1ccccc1O. The van der Waals surface area contributed by atoms with E-state index in [1.807, 2.05) is 19.1 Å². The van der Waals surface area contributed by atoms with Crippen LogP contribution >= 0.6 is 0 Å². The van der Waals surface area contributed by atoms with Crippen molar-refractivity contribution in [2.24, 2.45) is 0 Å². The number of aliphatic hydroxyl groups excluding tert-OH is 1. The molecule has 1 aromatic rings. The van der Waals surface area contributed by atoms with Crippen LogP contribution in [0.4, 0.5) is 0 Å². The first-order valence-corrected chi connectivity index (χ1v) is 5.31. The maximum atomic E-state index is 9.62. The van der Waals surface area contributed by atoms with Gasteiger partial charge < -0.3 is 20.6 Å². The van der Waals surface area contributed by atoms with Crippen LogP contribution in [0.25, 0.3) is 0 Å². The summed E-state index contributed by atoms with van der Waals surface area (Å²) in [5.41, 5.74) is -0.366. The second-order valence-electron chi connectivity index (χ2n) is 4.32. The molecule has 4 nitrogen and oxygen atoms in total. The fraction of sp³-hybridized carbons (Fsp3) is 0.500. The summed E-state index contributed by atoms with van der Waals surface area (Å²) in [6, 6.07) is 6.96. The molecule has 2 atom stereocenters. The molecule has 4 N–H and O–H groups in total. The molecule has 0 saturated carbocycles. The van der Waals surface area contributed by atoms with Gasteiger partial charge in [-0.1, -0.05) is 18.2 Å². The van der Waals surface area contributed by atoms with Crippen LogP contribution in [0.15, 0.2) is 24.3 Å². The zero-order valence-corrected chi connectivity index (χ0v) is 9.64. The van der Waals surface area contributed by atoms with E-state index in [4.69, 9.17) is 5.11 Å². The van der Waals surface area contributed by atoms with E-state index in [1.165, 1.54) is 0 Å². The van der Waals surface area contributed by atoms with E-state index >= 15 is 0 Å². The van der Waals surface area contributed by atoms with Crippen LogP contribution in [0.3, 0.4) is 0 Å². The number of aliphatic hydroxyl groups is 2. The van der Waals surface area contributed by atoms with Gasteiger partial charge in [0, 0.05) is 18.2 Å². The summed E-state index contributed by atoms with van der Waals surface area (Å²) in [4.78, 5) is 0. The van der Waals surface area contributed by atoms with E-state index < -0.39 is 5.60 Å². The van der Waals surface area contributed by atoms with Crippen molar-refractivity contribution in [3.63, 3.8) is 0 Å². The van der Waals surface area contributed by atoms with Gasteiger partial charge in [0.2, 0.25) is 0 Å². The number of para-hydroxylation sites is 1. The predicted octanol–water partition coefficient (Wildman–Crippen LogP) is 0.786. The lowest BCUT2D eigenvalue weighted by Crippen LogP contribution is -2.41. The molecule has 0 fully saturated rings. The molecular formula is C12H19NO3. The average molecular weight is 225 g/mol.